The molecule has 1 N–H and O–H groups in total. The Bertz CT molecular complexity index is 1010. The molecule has 2 aliphatic heterocycles. The smallest absolute Gasteiger partial charge is 0.236 e. The number of hydrogen-bond acceptors (Lipinski definition) is 4. The van der Waals surface area contributed by atoms with Crippen LogP contribution in [0.25, 0.3) is 0 Å². The molecule has 0 amide bonds. The van der Waals surface area contributed by atoms with Gasteiger partial charge >= 0.3 is 0 Å². The maximum Gasteiger partial charge on any atom is 0.236 e. The van der Waals surface area contributed by atoms with Crippen molar-refractivity contribution < 1.29 is 13.2 Å². The Morgan fingerprint density at radius 3 is 2.47 bits per heavy atom. The van der Waals surface area contributed by atoms with Crippen LogP contribution >= 0.6 is 24.0 Å². The molecule has 4 rings (SSSR count). The zero-order valence-electron chi connectivity index (χ0n) is 18.3. The van der Waals surface area contributed by atoms with Gasteiger partial charge in [0.25, 0.3) is 0 Å². The van der Waals surface area contributed by atoms with E-state index in [-0.39, 0.29) is 35.8 Å². The Kier molecular flexibility index (Phi) is 8.64. The van der Waals surface area contributed by atoms with Gasteiger partial charge in [0, 0.05) is 46.1 Å². The van der Waals surface area contributed by atoms with E-state index < -0.39 is 10.0 Å². The van der Waals surface area contributed by atoms with Crippen molar-refractivity contribution in [3.8, 4) is 5.75 Å². The molecule has 0 spiro atoms. The topological polar surface area (TPSA) is 74.2 Å². The fourth-order valence-electron chi connectivity index (χ4n) is 4.21. The maximum absolute atomic E-state index is 12.9. The molecule has 0 saturated carbocycles. The molecule has 32 heavy (non-hydrogen) atoms. The molecule has 0 atom stereocenters. The minimum Gasteiger partial charge on any atom is -0.490 e. The van der Waals surface area contributed by atoms with E-state index in [9.17, 15) is 8.42 Å². The molecule has 0 bridgehead atoms. The van der Waals surface area contributed by atoms with Crippen molar-refractivity contribution >= 4 is 45.6 Å². The number of nitrogens with one attached hydrogen (secondary N) is 1. The summed E-state index contributed by atoms with van der Waals surface area (Å²) in [6.07, 6.45) is 2.76. The number of halogens is 1. The number of rotatable bonds is 6. The van der Waals surface area contributed by atoms with Gasteiger partial charge in [-0.1, -0.05) is 36.4 Å². The van der Waals surface area contributed by atoms with Crippen molar-refractivity contribution in [2.75, 3.05) is 43.3 Å². The first kappa shape index (κ1) is 24.6. The molecule has 2 aromatic carbocycles. The van der Waals surface area contributed by atoms with Gasteiger partial charge in [0.15, 0.2) is 5.96 Å². The van der Waals surface area contributed by atoms with Crippen LogP contribution in [0.15, 0.2) is 59.6 Å². The Balaban J connectivity index is 0.00000289. The van der Waals surface area contributed by atoms with E-state index in [1.54, 1.807) is 11.4 Å². The average molecular weight is 570 g/mol. The van der Waals surface area contributed by atoms with Crippen LogP contribution in [0.3, 0.4) is 0 Å². The first-order valence-electron chi connectivity index (χ1n) is 10.8. The number of fused-ring (bicyclic) bond motifs is 1. The quantitative estimate of drug-likeness (QED) is 0.329. The van der Waals surface area contributed by atoms with Gasteiger partial charge in [0.05, 0.1) is 11.4 Å². The molecule has 174 valence electrons. The average Bonchev–Trinajstić information content (AvgIpc) is 3.23. The summed E-state index contributed by atoms with van der Waals surface area (Å²) in [5.74, 6) is 1.68. The highest BCUT2D eigenvalue weighted by Crippen LogP contribution is 2.29. The minimum absolute atomic E-state index is 0. The number of aliphatic imine (C=N–C) groups is 1. The highest BCUT2D eigenvalue weighted by Gasteiger charge is 2.29. The van der Waals surface area contributed by atoms with E-state index >= 15 is 0 Å². The lowest BCUT2D eigenvalue weighted by Gasteiger charge is -2.34. The molecular formula is C23H31IN4O3S. The SMILES string of the molecule is CN=C(NCCS(=O)(=O)N1CCc2ccccc21)N1CCC(Oc2ccccc2)CC1.I. The molecule has 0 radical (unpaired) electrons. The Morgan fingerprint density at radius 2 is 1.75 bits per heavy atom. The molecule has 1 fully saturated rings. The molecule has 0 unspecified atom stereocenters. The number of anilines is 1. The Hall–Kier alpha value is -2.01. The normalized spacial score (nSPS) is 17.0. The summed E-state index contributed by atoms with van der Waals surface area (Å²) in [5.41, 5.74) is 1.91. The predicted octanol–water partition coefficient (Wildman–Crippen LogP) is 3.12. The summed E-state index contributed by atoms with van der Waals surface area (Å²) in [7, 11) is -1.64. The van der Waals surface area contributed by atoms with E-state index in [2.05, 4.69) is 15.2 Å². The molecule has 2 heterocycles. The van der Waals surface area contributed by atoms with Gasteiger partial charge in [-0.2, -0.15) is 0 Å². The van der Waals surface area contributed by atoms with Crippen LogP contribution in [-0.2, 0) is 16.4 Å². The van der Waals surface area contributed by atoms with Gasteiger partial charge in [0.2, 0.25) is 10.0 Å². The van der Waals surface area contributed by atoms with Crippen LogP contribution < -0.4 is 14.4 Å². The Morgan fingerprint density at radius 1 is 1.06 bits per heavy atom. The standard InChI is InChI=1S/C23H30N4O3S.HI/c1-24-23(26-15-12-21(13-16-26)30-20-8-3-2-4-9-20)25-14-18-31(28,29)27-17-11-19-7-5-6-10-22(19)27;/h2-10,21H,11-18H2,1H3,(H,24,25);1H. The minimum atomic E-state index is -3.37. The van der Waals surface area contributed by atoms with Crippen LogP contribution in [0, 0.1) is 0 Å². The third-order valence-corrected chi connectivity index (χ3v) is 7.59. The summed E-state index contributed by atoms with van der Waals surface area (Å²) in [4.78, 5) is 6.53. The lowest BCUT2D eigenvalue weighted by molar-refractivity contribution is 0.129. The van der Waals surface area contributed by atoms with Gasteiger partial charge in [0.1, 0.15) is 11.9 Å². The fraction of sp³-hybridized carbons (Fsp3) is 0.435. The van der Waals surface area contributed by atoms with Gasteiger partial charge in [-0.25, -0.2) is 8.42 Å². The van der Waals surface area contributed by atoms with Crippen molar-refractivity contribution in [1.82, 2.24) is 10.2 Å². The third-order valence-electron chi connectivity index (χ3n) is 5.82. The molecule has 2 aliphatic rings. The lowest BCUT2D eigenvalue weighted by atomic mass is 10.1. The Labute approximate surface area is 207 Å². The van der Waals surface area contributed by atoms with Gasteiger partial charge < -0.3 is 15.0 Å². The number of sulfonamides is 1. The van der Waals surface area contributed by atoms with Gasteiger partial charge in [-0.05, 0) is 30.2 Å². The summed E-state index contributed by atoms with van der Waals surface area (Å²) in [5, 5.41) is 3.24. The summed E-state index contributed by atoms with van der Waals surface area (Å²) >= 11 is 0. The molecule has 2 aromatic rings. The van der Waals surface area contributed by atoms with Crippen LogP contribution in [0.2, 0.25) is 0 Å². The van der Waals surface area contributed by atoms with E-state index in [4.69, 9.17) is 4.74 Å². The molecule has 7 nitrogen and oxygen atoms in total. The number of ether oxygens (including phenoxy) is 1. The number of hydrogen-bond donors (Lipinski definition) is 1. The zero-order valence-corrected chi connectivity index (χ0v) is 21.5. The van der Waals surface area contributed by atoms with Crippen LogP contribution in [-0.4, -0.2) is 64.4 Å². The third kappa shape index (κ3) is 5.86. The highest BCUT2D eigenvalue weighted by molar-refractivity contribution is 14.0. The molecular weight excluding hydrogens is 539 g/mol. The molecule has 1 saturated heterocycles. The van der Waals surface area contributed by atoms with Crippen molar-refractivity contribution in [2.45, 2.75) is 25.4 Å². The number of piperidine rings is 1. The molecule has 9 heteroatoms. The van der Waals surface area contributed by atoms with Crippen molar-refractivity contribution in [2.24, 2.45) is 4.99 Å². The number of para-hydroxylation sites is 2. The van der Waals surface area contributed by atoms with Gasteiger partial charge in [-0.3, -0.25) is 9.30 Å². The first-order valence-corrected chi connectivity index (χ1v) is 12.4. The van der Waals surface area contributed by atoms with Crippen molar-refractivity contribution in [3.05, 3.63) is 60.2 Å². The maximum atomic E-state index is 12.9. The predicted molar refractivity (Wildman–Crippen MR) is 140 cm³/mol. The van der Waals surface area contributed by atoms with E-state index in [0.29, 0.717) is 13.1 Å². The number of likely N-dealkylation sites (tertiary alicyclic amines) is 1. The fourth-order valence-corrected chi connectivity index (χ4v) is 5.64. The second-order valence-electron chi connectivity index (χ2n) is 7.86. The summed E-state index contributed by atoms with van der Waals surface area (Å²) < 4.78 is 33.3. The first-order chi connectivity index (χ1) is 15.1. The van der Waals surface area contributed by atoms with Crippen LogP contribution in [0.4, 0.5) is 5.69 Å². The van der Waals surface area contributed by atoms with Crippen LogP contribution in [0.5, 0.6) is 5.75 Å². The van der Waals surface area contributed by atoms with Crippen molar-refractivity contribution in [1.29, 1.82) is 0 Å². The van der Waals surface area contributed by atoms with E-state index in [0.717, 1.165) is 55.3 Å². The summed E-state index contributed by atoms with van der Waals surface area (Å²) in [6.45, 7) is 2.49. The second kappa shape index (κ2) is 11.2. The second-order valence-corrected chi connectivity index (χ2v) is 9.87. The number of benzene rings is 2. The molecule has 0 aliphatic carbocycles. The number of guanidine groups is 1. The summed E-state index contributed by atoms with van der Waals surface area (Å²) in [6, 6.07) is 17.6. The molecule has 0 aromatic heterocycles. The van der Waals surface area contributed by atoms with Crippen molar-refractivity contribution in [3.63, 3.8) is 0 Å². The van der Waals surface area contributed by atoms with Gasteiger partial charge in [-0.15, -0.1) is 24.0 Å². The number of nitrogens with zero attached hydrogens (tertiary/aromatic N) is 3. The highest BCUT2D eigenvalue weighted by atomic mass is 127. The van der Waals surface area contributed by atoms with E-state index in [1.165, 1.54) is 0 Å². The van der Waals surface area contributed by atoms with Crippen LogP contribution in [0.1, 0.15) is 18.4 Å². The largest absolute Gasteiger partial charge is 0.490 e. The monoisotopic (exact) mass is 570 g/mol. The zero-order chi connectivity index (χ0) is 21.7. The van der Waals surface area contributed by atoms with E-state index in [1.807, 2.05) is 54.6 Å². The lowest BCUT2D eigenvalue weighted by Crippen LogP contribution is -2.48.